The van der Waals surface area contributed by atoms with Crippen molar-refractivity contribution < 1.29 is 19.4 Å². The molecule has 1 aliphatic rings. The molecule has 0 bridgehead atoms. The summed E-state index contributed by atoms with van der Waals surface area (Å²) in [5.41, 5.74) is 1.64. The number of hydrogen-bond donors (Lipinski definition) is 2. The number of fused-ring (bicyclic) bond motifs is 1. The molecule has 2 N–H and O–H groups in total. The van der Waals surface area contributed by atoms with Crippen molar-refractivity contribution in [1.29, 1.82) is 0 Å². The molecule has 2 aromatic heterocycles. The highest BCUT2D eigenvalue weighted by molar-refractivity contribution is 5.97. The molecule has 0 unspecified atom stereocenters. The third-order valence-electron chi connectivity index (χ3n) is 5.88. The van der Waals surface area contributed by atoms with Gasteiger partial charge in [-0.25, -0.2) is 9.78 Å². The Balaban J connectivity index is 1.93. The lowest BCUT2D eigenvalue weighted by atomic mass is 10.00. The van der Waals surface area contributed by atoms with Crippen LogP contribution in [0.25, 0.3) is 0 Å². The van der Waals surface area contributed by atoms with Gasteiger partial charge in [-0.1, -0.05) is 25.7 Å². The number of aliphatic hydroxyl groups excluding tert-OH is 1. The third-order valence-corrected chi connectivity index (χ3v) is 5.88. The van der Waals surface area contributed by atoms with Crippen LogP contribution in [0.4, 0.5) is 4.79 Å². The number of hydrogen-bond acceptors (Lipinski definition) is 6. The maximum Gasteiger partial charge on any atom is 0.317 e. The summed E-state index contributed by atoms with van der Waals surface area (Å²) in [5.74, 6) is 5.88. The summed E-state index contributed by atoms with van der Waals surface area (Å²) in [6.07, 6.45) is 5.33. The second-order valence-corrected chi connectivity index (χ2v) is 8.80. The normalized spacial score (nSPS) is 18.2. The number of ether oxygens (including phenoxy) is 1. The highest BCUT2D eigenvalue weighted by Gasteiger charge is 2.34. The van der Waals surface area contributed by atoms with Gasteiger partial charge in [0.15, 0.2) is 0 Å². The van der Waals surface area contributed by atoms with E-state index in [0.717, 1.165) is 12.0 Å². The van der Waals surface area contributed by atoms with E-state index in [9.17, 15) is 14.7 Å². The number of urea groups is 1. The summed E-state index contributed by atoms with van der Waals surface area (Å²) in [5, 5.41) is 12.7. The van der Waals surface area contributed by atoms with E-state index in [1.807, 2.05) is 13.8 Å². The Hall–Kier alpha value is -3.64. The molecule has 3 amide bonds. The minimum absolute atomic E-state index is 0.115. The number of amides is 3. The number of likely N-dealkylation sites (N-methyl/N-ethyl adjacent to an activating group) is 1. The van der Waals surface area contributed by atoms with Gasteiger partial charge >= 0.3 is 6.03 Å². The first-order valence-corrected chi connectivity index (χ1v) is 11.8. The minimum atomic E-state index is -0.408. The molecular weight excluding hydrogens is 446 g/mol. The molecule has 9 heteroatoms. The molecule has 3 atom stereocenters. The Morgan fingerprint density at radius 1 is 1.34 bits per heavy atom. The van der Waals surface area contributed by atoms with Gasteiger partial charge in [0.1, 0.15) is 11.7 Å². The van der Waals surface area contributed by atoms with Gasteiger partial charge in [-0.15, -0.1) is 0 Å². The van der Waals surface area contributed by atoms with Crippen LogP contribution in [0.1, 0.15) is 48.7 Å². The summed E-state index contributed by atoms with van der Waals surface area (Å²) in [6.45, 7) is 6.85. The Morgan fingerprint density at radius 2 is 2.06 bits per heavy atom. The van der Waals surface area contributed by atoms with Crippen LogP contribution in [0.15, 0.2) is 36.8 Å². The molecule has 35 heavy (non-hydrogen) atoms. The van der Waals surface area contributed by atoms with Crippen LogP contribution in [-0.4, -0.2) is 82.2 Å². The predicted octanol–water partition coefficient (Wildman–Crippen LogP) is 2.15. The van der Waals surface area contributed by atoms with Crippen LogP contribution in [0.5, 0.6) is 5.88 Å². The van der Waals surface area contributed by atoms with Crippen molar-refractivity contribution >= 4 is 11.9 Å². The predicted molar refractivity (Wildman–Crippen MR) is 132 cm³/mol. The highest BCUT2D eigenvalue weighted by Crippen LogP contribution is 2.27. The second kappa shape index (κ2) is 12.2. The van der Waals surface area contributed by atoms with Crippen LogP contribution in [-0.2, 0) is 0 Å². The van der Waals surface area contributed by atoms with E-state index in [2.05, 4.69) is 27.1 Å². The van der Waals surface area contributed by atoms with E-state index in [1.165, 1.54) is 0 Å². The first-order valence-electron chi connectivity index (χ1n) is 11.8. The molecule has 186 valence electrons. The average Bonchev–Trinajstić information content (AvgIpc) is 2.88. The van der Waals surface area contributed by atoms with Gasteiger partial charge in [-0.3, -0.25) is 9.78 Å². The lowest BCUT2D eigenvalue weighted by Crippen LogP contribution is -2.51. The van der Waals surface area contributed by atoms with E-state index >= 15 is 0 Å². The Labute approximate surface area is 206 Å². The number of carbonyl (C=O) groups excluding carboxylic acids is 2. The number of aliphatic hydroxyl groups is 1. The number of pyridine rings is 2. The van der Waals surface area contributed by atoms with Crippen LogP contribution in [0.2, 0.25) is 0 Å². The summed E-state index contributed by atoms with van der Waals surface area (Å²) in [7, 11) is 1.71. The molecule has 0 saturated heterocycles. The van der Waals surface area contributed by atoms with Crippen molar-refractivity contribution in [3.8, 4) is 17.7 Å². The van der Waals surface area contributed by atoms with Crippen molar-refractivity contribution in [3.05, 3.63) is 53.5 Å². The zero-order valence-corrected chi connectivity index (χ0v) is 20.7. The van der Waals surface area contributed by atoms with Crippen LogP contribution in [0, 0.1) is 17.8 Å². The maximum atomic E-state index is 13.5. The van der Waals surface area contributed by atoms with Crippen LogP contribution < -0.4 is 10.1 Å². The Bertz CT molecular complexity index is 1080. The fourth-order valence-corrected chi connectivity index (χ4v) is 3.69. The van der Waals surface area contributed by atoms with E-state index in [1.54, 1.807) is 60.6 Å². The quantitative estimate of drug-likeness (QED) is 0.615. The van der Waals surface area contributed by atoms with Gasteiger partial charge in [0, 0.05) is 55.8 Å². The van der Waals surface area contributed by atoms with Gasteiger partial charge in [0.25, 0.3) is 5.91 Å². The molecule has 0 radical (unpaired) electrons. The van der Waals surface area contributed by atoms with E-state index in [-0.39, 0.29) is 35.9 Å². The van der Waals surface area contributed by atoms with Crippen molar-refractivity contribution in [2.45, 2.75) is 39.3 Å². The fraction of sp³-hybridized carbons (Fsp3) is 0.462. The first-order chi connectivity index (χ1) is 16.8. The first kappa shape index (κ1) is 26.0. The lowest BCUT2D eigenvalue weighted by Gasteiger charge is -2.37. The zero-order chi connectivity index (χ0) is 25.4. The van der Waals surface area contributed by atoms with E-state index < -0.39 is 12.1 Å². The monoisotopic (exact) mass is 479 g/mol. The number of rotatable bonds is 6. The van der Waals surface area contributed by atoms with Gasteiger partial charge < -0.3 is 25.0 Å². The van der Waals surface area contributed by atoms with Crippen LogP contribution >= 0.6 is 0 Å². The second-order valence-electron chi connectivity index (χ2n) is 8.80. The summed E-state index contributed by atoms with van der Waals surface area (Å²) in [6, 6.07) is 4.68. The Kier molecular flexibility index (Phi) is 9.04. The van der Waals surface area contributed by atoms with Crippen molar-refractivity contribution in [2.75, 3.05) is 33.3 Å². The molecule has 0 aliphatic carbocycles. The largest absolute Gasteiger partial charge is 0.472 e. The topological polar surface area (TPSA) is 108 Å². The third kappa shape index (κ3) is 6.70. The van der Waals surface area contributed by atoms with Crippen molar-refractivity contribution in [2.24, 2.45) is 5.92 Å². The number of aromatic nitrogens is 2. The molecule has 0 spiro atoms. The molecule has 1 aliphatic heterocycles. The summed E-state index contributed by atoms with van der Waals surface area (Å²) in [4.78, 5) is 37.5. The van der Waals surface area contributed by atoms with E-state index in [0.29, 0.717) is 25.2 Å². The van der Waals surface area contributed by atoms with Crippen molar-refractivity contribution in [3.63, 3.8) is 0 Å². The number of nitrogens with zero attached hydrogens (tertiary/aromatic N) is 4. The minimum Gasteiger partial charge on any atom is -0.472 e. The molecule has 0 aromatic carbocycles. The molecule has 0 saturated carbocycles. The molecule has 3 rings (SSSR count). The van der Waals surface area contributed by atoms with E-state index in [4.69, 9.17) is 4.74 Å². The zero-order valence-electron chi connectivity index (χ0n) is 20.7. The maximum absolute atomic E-state index is 13.5. The molecule has 3 heterocycles. The average molecular weight is 480 g/mol. The summed E-state index contributed by atoms with van der Waals surface area (Å²) < 4.78 is 6.23. The lowest BCUT2D eigenvalue weighted by molar-refractivity contribution is 0.0352. The highest BCUT2D eigenvalue weighted by atomic mass is 16.5. The SMILES string of the molecule is CCCNC(=O)N(C)C[C@H]1Oc2ncc(C#Cc3ccncc3)cc2C(=O)N([C@@H](C)CO)C[C@H]1C. The smallest absolute Gasteiger partial charge is 0.317 e. The van der Waals surface area contributed by atoms with Gasteiger partial charge in [-0.05, 0) is 31.5 Å². The van der Waals surface area contributed by atoms with Gasteiger partial charge in [-0.2, -0.15) is 0 Å². The van der Waals surface area contributed by atoms with Crippen molar-refractivity contribution in [1.82, 2.24) is 25.1 Å². The number of nitrogens with one attached hydrogen (secondary N) is 1. The molecule has 9 nitrogen and oxygen atoms in total. The standard InChI is InChI=1S/C26H33N5O4/c1-5-10-28-26(34)30(4)16-23-18(2)15-31(19(3)17-32)25(33)22-13-21(14-29-24(22)35-23)7-6-20-8-11-27-12-9-20/h8-9,11-14,18-19,23,32H,5,10,15-17H2,1-4H3,(H,28,34)/t18-,19+,23-/m1/s1. The molecular formula is C26H33N5O4. The molecule has 2 aromatic rings. The Morgan fingerprint density at radius 3 is 2.74 bits per heavy atom. The fourth-order valence-electron chi connectivity index (χ4n) is 3.69. The van der Waals surface area contributed by atoms with Gasteiger partial charge in [0.2, 0.25) is 5.88 Å². The summed E-state index contributed by atoms with van der Waals surface area (Å²) >= 11 is 0. The molecule has 0 fully saturated rings. The van der Waals surface area contributed by atoms with Crippen LogP contribution in [0.3, 0.4) is 0 Å². The number of carbonyl (C=O) groups is 2. The van der Waals surface area contributed by atoms with Gasteiger partial charge in [0.05, 0.1) is 19.2 Å².